The fourth-order valence-corrected chi connectivity index (χ4v) is 9.76. The molecule has 0 radical (unpaired) electrons. The van der Waals surface area contributed by atoms with Gasteiger partial charge in [-0.05, 0) is 116 Å². The van der Waals surface area contributed by atoms with Gasteiger partial charge in [0.2, 0.25) is 0 Å². The van der Waals surface area contributed by atoms with Crippen LogP contribution in [0.5, 0.6) is 0 Å². The van der Waals surface area contributed by atoms with E-state index < -0.39 is 6.10 Å². The van der Waals surface area contributed by atoms with E-state index in [1.807, 2.05) is 0 Å². The molecule has 468 valence electrons. The number of carbonyl (C=O) groups is 2. The summed E-state index contributed by atoms with van der Waals surface area (Å²) in [5.41, 5.74) is 0. The third kappa shape index (κ3) is 68.5. The lowest BCUT2D eigenvalue weighted by Gasteiger charge is -2.15. The number of rotatable bonds is 63. The molecule has 5 heteroatoms. The average molecular weight is 1140 g/mol. The molecule has 1 N–H and O–H groups in total. The highest BCUT2D eigenvalue weighted by Gasteiger charge is 2.16. The second kappa shape index (κ2) is 71.3. The van der Waals surface area contributed by atoms with E-state index in [0.29, 0.717) is 12.8 Å². The first-order valence-corrected chi connectivity index (χ1v) is 34.7. The van der Waals surface area contributed by atoms with Crippen LogP contribution < -0.4 is 0 Å². The third-order valence-electron chi connectivity index (χ3n) is 14.9. The first-order valence-electron chi connectivity index (χ1n) is 34.7. The van der Waals surface area contributed by atoms with Crippen LogP contribution in [0.1, 0.15) is 322 Å². The van der Waals surface area contributed by atoms with E-state index in [2.05, 4.69) is 148 Å². The molecule has 5 nitrogen and oxygen atoms in total. The molecule has 0 spiro atoms. The van der Waals surface area contributed by atoms with E-state index in [0.717, 1.165) is 103 Å². The molecule has 0 aliphatic carbocycles. The molecule has 0 fully saturated rings. The molecule has 0 heterocycles. The molecule has 0 aromatic rings. The van der Waals surface area contributed by atoms with Crippen LogP contribution in [0.15, 0.2) is 134 Å². The lowest BCUT2D eigenvalue weighted by atomic mass is 10.0. The maximum atomic E-state index is 12.4. The molecule has 0 aliphatic heterocycles. The van der Waals surface area contributed by atoms with Crippen molar-refractivity contribution in [1.29, 1.82) is 0 Å². The Morgan fingerprint density at radius 2 is 0.524 bits per heavy atom. The van der Waals surface area contributed by atoms with E-state index in [-0.39, 0.29) is 25.2 Å². The van der Waals surface area contributed by atoms with Crippen molar-refractivity contribution < 1.29 is 24.2 Å². The Hall–Kier alpha value is -3.96. The molecule has 0 saturated heterocycles. The lowest BCUT2D eigenvalue weighted by molar-refractivity contribution is -0.161. The predicted octanol–water partition coefficient (Wildman–Crippen LogP) is 24.3. The van der Waals surface area contributed by atoms with Gasteiger partial charge in [-0.3, -0.25) is 9.59 Å². The van der Waals surface area contributed by atoms with Crippen LogP contribution in [-0.2, 0) is 19.1 Å². The minimum Gasteiger partial charge on any atom is -0.462 e. The van der Waals surface area contributed by atoms with Crippen molar-refractivity contribution in [3.05, 3.63) is 134 Å². The summed E-state index contributed by atoms with van der Waals surface area (Å²) >= 11 is 0. The Bertz CT molecular complexity index is 1670. The number of aliphatic hydroxyl groups is 1. The monoisotopic (exact) mass is 1130 g/mol. The Morgan fingerprint density at radius 1 is 0.293 bits per heavy atom. The number of aliphatic hydroxyl groups excluding tert-OH is 1. The van der Waals surface area contributed by atoms with E-state index in [1.165, 1.54) is 193 Å². The number of unbranched alkanes of at least 4 members (excludes halogenated alkanes) is 33. The fraction of sp³-hybridized carbons (Fsp3) is 0.688. The summed E-state index contributed by atoms with van der Waals surface area (Å²) in [5.74, 6) is -0.591. The second-order valence-electron chi connectivity index (χ2n) is 22.9. The first-order chi connectivity index (χ1) is 40.6. The third-order valence-corrected chi connectivity index (χ3v) is 14.9. The van der Waals surface area contributed by atoms with Crippen molar-refractivity contribution >= 4 is 11.9 Å². The topological polar surface area (TPSA) is 72.8 Å². The van der Waals surface area contributed by atoms with Crippen molar-refractivity contribution in [3.63, 3.8) is 0 Å². The van der Waals surface area contributed by atoms with Crippen LogP contribution in [0.4, 0.5) is 0 Å². The normalized spacial score (nSPS) is 13.1. The van der Waals surface area contributed by atoms with Gasteiger partial charge in [0.1, 0.15) is 6.61 Å². The van der Waals surface area contributed by atoms with Crippen LogP contribution in [0.3, 0.4) is 0 Å². The van der Waals surface area contributed by atoms with Crippen LogP contribution in [0, 0.1) is 0 Å². The zero-order chi connectivity index (χ0) is 59.1. The smallest absolute Gasteiger partial charge is 0.306 e. The number of carbonyl (C=O) groups excluding carboxylic acids is 2. The van der Waals surface area contributed by atoms with Gasteiger partial charge in [-0.1, -0.05) is 327 Å². The minimum atomic E-state index is -0.784. The van der Waals surface area contributed by atoms with Gasteiger partial charge < -0.3 is 14.6 Å². The van der Waals surface area contributed by atoms with Crippen molar-refractivity contribution in [2.75, 3.05) is 13.2 Å². The number of allylic oxidation sites excluding steroid dienone is 22. The summed E-state index contributed by atoms with van der Waals surface area (Å²) in [6.07, 6.45) is 106. The van der Waals surface area contributed by atoms with Gasteiger partial charge >= 0.3 is 11.9 Å². The van der Waals surface area contributed by atoms with Gasteiger partial charge in [0.15, 0.2) is 6.10 Å². The Morgan fingerprint density at radius 3 is 0.793 bits per heavy atom. The molecule has 0 amide bonds. The summed E-state index contributed by atoms with van der Waals surface area (Å²) in [6, 6.07) is 0. The SMILES string of the molecule is CC/C=C\C/C=C\C/C=C\C/C=C\C/C=C\C/C=C\C/C=C\C/C=C\CCCCCCCCCCCCC(=O)OC(CO)COC(=O)CCCCCCCCCCCCCCCCCCCC/C=C\C/C=C\C/C=C\CCCCCCC. The number of hydrogen-bond acceptors (Lipinski definition) is 5. The zero-order valence-corrected chi connectivity index (χ0v) is 53.7. The van der Waals surface area contributed by atoms with Gasteiger partial charge in [0, 0.05) is 12.8 Å². The van der Waals surface area contributed by atoms with Gasteiger partial charge in [-0.2, -0.15) is 0 Å². The summed E-state index contributed by atoms with van der Waals surface area (Å²) in [5, 5.41) is 9.70. The van der Waals surface area contributed by atoms with Crippen LogP contribution in [-0.4, -0.2) is 36.4 Å². The summed E-state index contributed by atoms with van der Waals surface area (Å²) < 4.78 is 10.8. The average Bonchev–Trinajstić information content (AvgIpc) is 3.49. The van der Waals surface area contributed by atoms with Crippen LogP contribution >= 0.6 is 0 Å². The molecule has 1 atom stereocenters. The largest absolute Gasteiger partial charge is 0.462 e. The Balaban J connectivity index is 3.51. The van der Waals surface area contributed by atoms with Gasteiger partial charge in [0.05, 0.1) is 6.61 Å². The number of hydrogen-bond donors (Lipinski definition) is 1. The quantitative estimate of drug-likeness (QED) is 0.0373. The molecule has 0 aliphatic rings. The van der Waals surface area contributed by atoms with Gasteiger partial charge in [-0.25, -0.2) is 0 Å². The van der Waals surface area contributed by atoms with E-state index >= 15 is 0 Å². The van der Waals surface area contributed by atoms with Gasteiger partial charge in [-0.15, -0.1) is 0 Å². The fourth-order valence-electron chi connectivity index (χ4n) is 9.76. The Kier molecular flexibility index (Phi) is 67.9. The van der Waals surface area contributed by atoms with Crippen molar-refractivity contribution in [2.24, 2.45) is 0 Å². The maximum absolute atomic E-state index is 12.4. The minimum absolute atomic E-state index is 0.0717. The van der Waals surface area contributed by atoms with Gasteiger partial charge in [0.25, 0.3) is 0 Å². The molecule has 0 aromatic heterocycles. The van der Waals surface area contributed by atoms with Crippen LogP contribution in [0.25, 0.3) is 0 Å². The highest BCUT2D eigenvalue weighted by Crippen LogP contribution is 2.17. The summed E-state index contributed by atoms with van der Waals surface area (Å²) in [4.78, 5) is 24.7. The van der Waals surface area contributed by atoms with Crippen molar-refractivity contribution in [2.45, 2.75) is 328 Å². The van der Waals surface area contributed by atoms with E-state index in [1.54, 1.807) is 0 Å². The summed E-state index contributed by atoms with van der Waals surface area (Å²) in [7, 11) is 0. The number of esters is 2. The molecule has 1 unspecified atom stereocenters. The number of ether oxygens (including phenoxy) is 2. The van der Waals surface area contributed by atoms with E-state index in [9.17, 15) is 14.7 Å². The highest BCUT2D eigenvalue weighted by atomic mass is 16.6. The van der Waals surface area contributed by atoms with Crippen LogP contribution in [0.2, 0.25) is 0 Å². The Labute approximate surface area is 508 Å². The lowest BCUT2D eigenvalue weighted by Crippen LogP contribution is -2.28. The first kappa shape index (κ1) is 78.0. The molecule has 0 aromatic carbocycles. The molecular formula is C77H130O5. The zero-order valence-electron chi connectivity index (χ0n) is 53.7. The van der Waals surface area contributed by atoms with Crippen molar-refractivity contribution in [3.8, 4) is 0 Å². The molecule has 0 saturated carbocycles. The molecule has 0 bridgehead atoms. The van der Waals surface area contributed by atoms with Crippen molar-refractivity contribution in [1.82, 2.24) is 0 Å². The highest BCUT2D eigenvalue weighted by molar-refractivity contribution is 5.70. The summed E-state index contributed by atoms with van der Waals surface area (Å²) in [6.45, 7) is 4.03. The standard InChI is InChI=1S/C77H130O5/c1-3-5-7-9-11-13-15-17-19-21-23-25-27-29-31-33-35-37-38-40-42-44-46-48-50-52-54-56-58-60-62-64-66-68-70-72-77(80)82-75(73-78)74-81-76(79)71-69-67-65-63-61-59-57-55-53-51-49-47-45-43-41-39-36-34-32-30-28-26-24-22-20-18-16-14-12-10-8-6-4-2/h5,7,11,13,16-19,22-25,28-31,35,37,40,42,46,48,75,78H,3-4,6,8-10,12,14-15,20-21,26-27,32-34,36,38-39,41,43-45,47,49-74H2,1-2H3/b7-5-,13-11-,18-16-,19-17-,24-22-,25-23-,30-28-,31-29-,37-35-,42-40-,48-46-. The second-order valence-corrected chi connectivity index (χ2v) is 22.9. The maximum Gasteiger partial charge on any atom is 0.306 e. The van der Waals surface area contributed by atoms with E-state index in [4.69, 9.17) is 9.47 Å². The predicted molar refractivity (Wildman–Crippen MR) is 361 cm³/mol. The molecule has 0 rings (SSSR count). The molecular weight excluding hydrogens is 1000 g/mol. The molecule has 82 heavy (non-hydrogen) atoms.